The van der Waals surface area contributed by atoms with E-state index in [2.05, 4.69) is 35.4 Å². The van der Waals surface area contributed by atoms with Gasteiger partial charge in [-0.05, 0) is 43.9 Å². The van der Waals surface area contributed by atoms with E-state index in [0.29, 0.717) is 0 Å². The van der Waals surface area contributed by atoms with Crippen molar-refractivity contribution >= 4 is 26.7 Å². The number of fused-ring (bicyclic) bond motifs is 1. The third-order valence-corrected chi connectivity index (χ3v) is 3.82. The molecule has 0 saturated heterocycles. The number of rotatable bonds is 7. The van der Waals surface area contributed by atoms with Gasteiger partial charge in [-0.15, -0.1) is 0 Å². The van der Waals surface area contributed by atoms with Gasteiger partial charge in [0.05, 0.1) is 10.2 Å². The normalized spacial score (nSPS) is 11.0. The summed E-state index contributed by atoms with van der Waals surface area (Å²) in [5.74, 6) is 0. The predicted octanol–water partition coefficient (Wildman–Crippen LogP) is 3.83. The zero-order valence-electron chi connectivity index (χ0n) is 11.0. The lowest BCUT2D eigenvalue weighted by atomic mass is 10.2. The third kappa shape index (κ3) is 3.68. The highest BCUT2D eigenvalue weighted by Gasteiger charge is 2.02. The van der Waals surface area contributed by atoms with E-state index < -0.39 is 0 Å². The lowest BCUT2D eigenvalue weighted by Crippen LogP contribution is -2.01. The molecular weight excluding hydrogens is 244 g/mol. The number of benzene rings is 1. The maximum Gasteiger partial charge on any atom is 0.183 e. The van der Waals surface area contributed by atoms with Crippen LogP contribution in [0.2, 0.25) is 0 Å². The number of thiazole rings is 1. The fourth-order valence-electron chi connectivity index (χ4n) is 1.85. The molecule has 3 nitrogen and oxygen atoms in total. The quantitative estimate of drug-likeness (QED) is 0.772. The van der Waals surface area contributed by atoms with E-state index in [1.165, 1.54) is 16.7 Å². The monoisotopic (exact) mass is 264 g/mol. The van der Waals surface area contributed by atoms with Crippen LogP contribution in [0.5, 0.6) is 0 Å². The van der Waals surface area contributed by atoms with Gasteiger partial charge in [0.15, 0.2) is 5.13 Å². The average molecular weight is 264 g/mol. The van der Waals surface area contributed by atoms with Gasteiger partial charge in [0, 0.05) is 20.3 Å². The summed E-state index contributed by atoms with van der Waals surface area (Å²) in [6.07, 6.45) is 3.50. The van der Waals surface area contributed by atoms with Gasteiger partial charge in [0.2, 0.25) is 0 Å². The summed E-state index contributed by atoms with van der Waals surface area (Å²) in [5, 5.41) is 4.43. The van der Waals surface area contributed by atoms with E-state index in [4.69, 9.17) is 4.74 Å². The van der Waals surface area contributed by atoms with Crippen molar-refractivity contribution in [3.05, 3.63) is 23.8 Å². The van der Waals surface area contributed by atoms with E-state index in [1.54, 1.807) is 18.4 Å². The molecule has 0 atom stereocenters. The van der Waals surface area contributed by atoms with Crippen LogP contribution in [-0.2, 0) is 4.74 Å². The maximum absolute atomic E-state index is 5.03. The fraction of sp³-hybridized carbons (Fsp3) is 0.500. The summed E-state index contributed by atoms with van der Waals surface area (Å²) in [6.45, 7) is 3.96. The highest BCUT2D eigenvalue weighted by molar-refractivity contribution is 7.22. The summed E-state index contributed by atoms with van der Waals surface area (Å²) in [6, 6.07) is 6.39. The molecule has 18 heavy (non-hydrogen) atoms. The number of unbranched alkanes of at least 4 members (excludes halogenated alkanes) is 2. The summed E-state index contributed by atoms with van der Waals surface area (Å²) in [4.78, 5) is 4.57. The smallest absolute Gasteiger partial charge is 0.183 e. The first kappa shape index (κ1) is 13.3. The summed E-state index contributed by atoms with van der Waals surface area (Å²) in [7, 11) is 1.75. The lowest BCUT2D eigenvalue weighted by Gasteiger charge is -2.01. The van der Waals surface area contributed by atoms with Crippen molar-refractivity contribution in [3.8, 4) is 0 Å². The average Bonchev–Trinajstić information content (AvgIpc) is 2.75. The Bertz CT molecular complexity index is 495. The molecule has 0 aliphatic rings. The molecule has 0 unspecified atom stereocenters. The fourth-order valence-corrected chi connectivity index (χ4v) is 2.84. The molecule has 98 valence electrons. The Morgan fingerprint density at radius 2 is 2.17 bits per heavy atom. The molecule has 1 aromatic carbocycles. The number of nitrogens with zero attached hydrogens (tertiary/aromatic N) is 1. The first-order valence-corrected chi connectivity index (χ1v) is 7.21. The van der Waals surface area contributed by atoms with Crippen LogP contribution in [-0.4, -0.2) is 25.2 Å². The maximum atomic E-state index is 5.03. The van der Waals surface area contributed by atoms with Gasteiger partial charge in [-0.2, -0.15) is 0 Å². The van der Waals surface area contributed by atoms with Gasteiger partial charge >= 0.3 is 0 Å². The number of hydrogen-bond acceptors (Lipinski definition) is 4. The van der Waals surface area contributed by atoms with E-state index in [0.717, 1.165) is 36.6 Å². The van der Waals surface area contributed by atoms with Crippen LogP contribution < -0.4 is 5.32 Å². The number of nitrogens with one attached hydrogen (secondary N) is 1. The zero-order chi connectivity index (χ0) is 12.8. The molecule has 0 bridgehead atoms. The minimum Gasteiger partial charge on any atom is -0.385 e. The van der Waals surface area contributed by atoms with Crippen LogP contribution in [0.3, 0.4) is 0 Å². The SMILES string of the molecule is COCCCCCNc1nc2ccc(C)cc2s1. The van der Waals surface area contributed by atoms with Crippen molar-refractivity contribution in [2.45, 2.75) is 26.2 Å². The molecule has 1 aromatic heterocycles. The minimum atomic E-state index is 0.862. The Morgan fingerprint density at radius 3 is 3.00 bits per heavy atom. The third-order valence-electron chi connectivity index (χ3n) is 2.85. The topological polar surface area (TPSA) is 34.1 Å². The minimum absolute atomic E-state index is 0.862. The molecule has 0 radical (unpaired) electrons. The molecule has 2 aromatic rings. The number of anilines is 1. The van der Waals surface area contributed by atoms with Crippen molar-refractivity contribution in [1.29, 1.82) is 0 Å². The van der Waals surface area contributed by atoms with Gasteiger partial charge in [-0.1, -0.05) is 17.4 Å². The molecular formula is C14H20N2OS. The van der Waals surface area contributed by atoms with Gasteiger partial charge in [0.25, 0.3) is 0 Å². The second-order valence-corrected chi connectivity index (χ2v) is 5.50. The molecule has 0 spiro atoms. The van der Waals surface area contributed by atoms with Crippen molar-refractivity contribution in [3.63, 3.8) is 0 Å². The van der Waals surface area contributed by atoms with Gasteiger partial charge in [-0.3, -0.25) is 0 Å². The molecule has 0 aliphatic heterocycles. The number of aromatic nitrogens is 1. The molecule has 1 heterocycles. The largest absolute Gasteiger partial charge is 0.385 e. The Balaban J connectivity index is 1.81. The molecule has 1 N–H and O–H groups in total. The van der Waals surface area contributed by atoms with Crippen LogP contribution in [0.1, 0.15) is 24.8 Å². The van der Waals surface area contributed by atoms with E-state index in [-0.39, 0.29) is 0 Å². The number of aryl methyl sites for hydroxylation is 1. The van der Waals surface area contributed by atoms with Crippen LogP contribution in [0.15, 0.2) is 18.2 Å². The molecule has 0 aliphatic carbocycles. The Morgan fingerprint density at radius 1 is 1.28 bits per heavy atom. The molecule has 0 saturated carbocycles. The molecule has 0 fully saturated rings. The Kier molecular flexibility index (Phi) is 4.96. The second-order valence-electron chi connectivity index (χ2n) is 4.47. The summed E-state index contributed by atoms with van der Waals surface area (Å²) >= 11 is 1.73. The Hall–Kier alpha value is -1.13. The van der Waals surface area contributed by atoms with Gasteiger partial charge < -0.3 is 10.1 Å². The second kappa shape index (κ2) is 6.71. The van der Waals surface area contributed by atoms with Crippen LogP contribution >= 0.6 is 11.3 Å². The Labute approximate surface area is 112 Å². The van der Waals surface area contributed by atoms with Crippen molar-refractivity contribution in [2.75, 3.05) is 25.6 Å². The molecule has 2 rings (SSSR count). The van der Waals surface area contributed by atoms with Crippen molar-refractivity contribution in [2.24, 2.45) is 0 Å². The van der Waals surface area contributed by atoms with Crippen LogP contribution in [0, 0.1) is 6.92 Å². The number of hydrogen-bond donors (Lipinski definition) is 1. The molecule has 4 heteroatoms. The van der Waals surface area contributed by atoms with E-state index in [1.807, 2.05) is 0 Å². The highest BCUT2D eigenvalue weighted by Crippen LogP contribution is 2.26. The van der Waals surface area contributed by atoms with E-state index >= 15 is 0 Å². The molecule has 0 amide bonds. The first-order chi connectivity index (χ1) is 8.79. The number of methoxy groups -OCH3 is 1. The van der Waals surface area contributed by atoms with Crippen molar-refractivity contribution in [1.82, 2.24) is 4.98 Å². The first-order valence-electron chi connectivity index (χ1n) is 6.39. The van der Waals surface area contributed by atoms with Crippen molar-refractivity contribution < 1.29 is 4.74 Å². The van der Waals surface area contributed by atoms with Crippen LogP contribution in [0.4, 0.5) is 5.13 Å². The predicted molar refractivity (Wildman–Crippen MR) is 78.6 cm³/mol. The van der Waals surface area contributed by atoms with E-state index in [9.17, 15) is 0 Å². The highest BCUT2D eigenvalue weighted by atomic mass is 32.1. The van der Waals surface area contributed by atoms with Gasteiger partial charge in [-0.25, -0.2) is 4.98 Å². The summed E-state index contributed by atoms with van der Waals surface area (Å²) < 4.78 is 6.29. The van der Waals surface area contributed by atoms with Crippen LogP contribution in [0.25, 0.3) is 10.2 Å². The lowest BCUT2D eigenvalue weighted by molar-refractivity contribution is 0.192. The standard InChI is InChI=1S/C14H20N2OS/c1-11-6-7-12-13(10-11)18-14(16-12)15-8-4-3-5-9-17-2/h6-7,10H,3-5,8-9H2,1-2H3,(H,15,16). The number of ether oxygens (including phenoxy) is 1. The zero-order valence-corrected chi connectivity index (χ0v) is 11.8. The summed E-state index contributed by atoms with van der Waals surface area (Å²) in [5.41, 5.74) is 2.38. The van der Waals surface area contributed by atoms with Gasteiger partial charge in [0.1, 0.15) is 0 Å².